The molecule has 0 saturated heterocycles. The highest BCUT2D eigenvalue weighted by Crippen LogP contribution is 2.25. The van der Waals surface area contributed by atoms with Gasteiger partial charge in [-0.15, -0.1) is 0 Å². The number of carbonyl (C=O) groups excluding carboxylic acids is 1. The van der Waals surface area contributed by atoms with E-state index in [1.807, 2.05) is 54.7 Å². The summed E-state index contributed by atoms with van der Waals surface area (Å²) in [4.78, 5) is 16.9. The van der Waals surface area contributed by atoms with Crippen molar-refractivity contribution < 1.29 is 4.79 Å². The summed E-state index contributed by atoms with van der Waals surface area (Å²) >= 11 is 2.21. The van der Waals surface area contributed by atoms with E-state index in [2.05, 4.69) is 37.5 Å². The number of nitrogens with one attached hydrogen (secondary N) is 1. The van der Waals surface area contributed by atoms with E-state index >= 15 is 0 Å². The van der Waals surface area contributed by atoms with Gasteiger partial charge in [0, 0.05) is 38.8 Å². The van der Waals surface area contributed by atoms with E-state index in [4.69, 9.17) is 0 Å². The number of aromatic nitrogens is 2. The highest BCUT2D eigenvalue weighted by atomic mass is 127. The average Bonchev–Trinajstić information content (AvgIpc) is 3.06. The molecule has 1 aliphatic heterocycles. The van der Waals surface area contributed by atoms with Gasteiger partial charge in [0.2, 0.25) is 0 Å². The summed E-state index contributed by atoms with van der Waals surface area (Å²) in [7, 11) is 0. The zero-order chi connectivity index (χ0) is 17.2. The Labute approximate surface area is 160 Å². The van der Waals surface area contributed by atoms with Crippen LogP contribution in [0.2, 0.25) is 0 Å². The van der Waals surface area contributed by atoms with Crippen LogP contribution >= 0.6 is 22.6 Å². The number of halogens is 1. The number of nitrogens with zero attached hydrogens (tertiary/aromatic N) is 2. The minimum atomic E-state index is -0.0931. The molecule has 1 amide bonds. The monoisotopic (exact) mass is 443 g/mol. The van der Waals surface area contributed by atoms with Gasteiger partial charge in [-0.2, -0.15) is 0 Å². The minimum Gasteiger partial charge on any atom is -0.328 e. The van der Waals surface area contributed by atoms with Gasteiger partial charge >= 0.3 is 0 Å². The predicted octanol–water partition coefficient (Wildman–Crippen LogP) is 4.74. The van der Waals surface area contributed by atoms with Crippen molar-refractivity contribution in [1.29, 1.82) is 0 Å². The predicted molar refractivity (Wildman–Crippen MR) is 108 cm³/mol. The molecule has 4 rings (SSSR count). The molecule has 0 saturated carbocycles. The van der Waals surface area contributed by atoms with Gasteiger partial charge in [-0.05, 0) is 84.3 Å². The van der Waals surface area contributed by atoms with E-state index < -0.39 is 0 Å². The fourth-order valence-corrected chi connectivity index (χ4v) is 3.75. The molecule has 5 heteroatoms. The second-order valence-corrected chi connectivity index (χ2v) is 7.47. The molecular weight excluding hydrogens is 425 g/mol. The lowest BCUT2D eigenvalue weighted by atomic mass is 10.1. The number of imidazole rings is 1. The van der Waals surface area contributed by atoms with Crippen LogP contribution in [-0.2, 0) is 13.0 Å². The van der Waals surface area contributed by atoms with E-state index in [-0.39, 0.29) is 5.91 Å². The Morgan fingerprint density at radius 1 is 1.12 bits per heavy atom. The van der Waals surface area contributed by atoms with Crippen LogP contribution in [0.1, 0.15) is 28.9 Å². The molecule has 0 unspecified atom stereocenters. The van der Waals surface area contributed by atoms with Crippen molar-refractivity contribution in [3.63, 3.8) is 0 Å². The van der Waals surface area contributed by atoms with Gasteiger partial charge in [0.05, 0.1) is 0 Å². The summed E-state index contributed by atoms with van der Waals surface area (Å²) < 4.78 is 3.35. The number of anilines is 1. The number of fused-ring (bicyclic) bond motifs is 1. The molecule has 2 aromatic carbocycles. The van der Waals surface area contributed by atoms with Gasteiger partial charge in [0.25, 0.3) is 5.91 Å². The van der Waals surface area contributed by atoms with Crippen molar-refractivity contribution in [3.8, 4) is 11.4 Å². The molecular formula is C20H18IN3O. The second kappa shape index (κ2) is 7.00. The summed E-state index contributed by atoms with van der Waals surface area (Å²) in [5.41, 5.74) is 3.86. The standard InChI is InChI=1S/C20H18IN3O/c21-16-5-3-4-15(12-16)20(25)23-17-9-7-14(8-10-17)19-22-13-18-6-1-2-11-24(18)19/h3-5,7-10,12-13H,1-2,6,11H2,(H,23,25). The van der Waals surface area contributed by atoms with Gasteiger partial charge in [0.15, 0.2) is 0 Å². The molecule has 0 radical (unpaired) electrons. The highest BCUT2D eigenvalue weighted by Gasteiger charge is 2.15. The third-order valence-electron chi connectivity index (χ3n) is 4.49. The summed E-state index contributed by atoms with van der Waals surface area (Å²) in [6.45, 7) is 1.04. The quantitative estimate of drug-likeness (QED) is 0.595. The van der Waals surface area contributed by atoms with Crippen molar-refractivity contribution >= 4 is 34.2 Å². The first-order chi connectivity index (χ1) is 12.2. The lowest BCUT2D eigenvalue weighted by Gasteiger charge is -2.16. The SMILES string of the molecule is O=C(Nc1ccc(-c2ncc3n2CCCC3)cc1)c1cccc(I)c1. The Hall–Kier alpha value is -2.15. The summed E-state index contributed by atoms with van der Waals surface area (Å²) in [5, 5.41) is 2.95. The molecule has 0 bridgehead atoms. The van der Waals surface area contributed by atoms with Gasteiger partial charge in [-0.3, -0.25) is 4.79 Å². The van der Waals surface area contributed by atoms with Crippen LogP contribution in [0.25, 0.3) is 11.4 Å². The fraction of sp³-hybridized carbons (Fsp3) is 0.200. The first-order valence-electron chi connectivity index (χ1n) is 8.42. The van der Waals surface area contributed by atoms with Crippen molar-refractivity contribution in [1.82, 2.24) is 9.55 Å². The number of carbonyl (C=O) groups is 1. The van der Waals surface area contributed by atoms with E-state index in [0.29, 0.717) is 5.56 Å². The van der Waals surface area contributed by atoms with E-state index in [1.165, 1.54) is 18.5 Å². The lowest BCUT2D eigenvalue weighted by molar-refractivity contribution is 0.102. The van der Waals surface area contributed by atoms with Gasteiger partial charge < -0.3 is 9.88 Å². The second-order valence-electron chi connectivity index (χ2n) is 6.22. The third-order valence-corrected chi connectivity index (χ3v) is 5.16. The topological polar surface area (TPSA) is 46.9 Å². The Morgan fingerprint density at radius 3 is 2.76 bits per heavy atom. The van der Waals surface area contributed by atoms with Crippen LogP contribution < -0.4 is 5.32 Å². The van der Waals surface area contributed by atoms with Crippen molar-refractivity contribution in [2.24, 2.45) is 0 Å². The molecule has 1 aromatic heterocycles. The van der Waals surface area contributed by atoms with Crippen LogP contribution in [0.4, 0.5) is 5.69 Å². The zero-order valence-corrected chi connectivity index (χ0v) is 15.9. The Bertz CT molecular complexity index is 915. The fourth-order valence-electron chi connectivity index (χ4n) is 3.20. The first-order valence-corrected chi connectivity index (χ1v) is 9.50. The number of aryl methyl sites for hydroxylation is 1. The maximum absolute atomic E-state index is 12.3. The van der Waals surface area contributed by atoms with Crippen molar-refractivity contribution in [3.05, 3.63) is 69.6 Å². The largest absolute Gasteiger partial charge is 0.328 e. The van der Waals surface area contributed by atoms with Crippen LogP contribution in [0.3, 0.4) is 0 Å². The third kappa shape index (κ3) is 3.46. The number of rotatable bonds is 3. The molecule has 1 aliphatic rings. The van der Waals surface area contributed by atoms with Gasteiger partial charge in [-0.25, -0.2) is 4.98 Å². The van der Waals surface area contributed by atoms with E-state index in [1.54, 1.807) is 0 Å². The van der Waals surface area contributed by atoms with Gasteiger partial charge in [0.1, 0.15) is 5.82 Å². The number of hydrogen-bond acceptors (Lipinski definition) is 2. The molecule has 25 heavy (non-hydrogen) atoms. The summed E-state index contributed by atoms with van der Waals surface area (Å²) in [5.74, 6) is 0.926. The van der Waals surface area contributed by atoms with Crippen LogP contribution in [0.5, 0.6) is 0 Å². The lowest BCUT2D eigenvalue weighted by Crippen LogP contribution is -2.12. The van der Waals surface area contributed by atoms with E-state index in [9.17, 15) is 4.79 Å². The Balaban J connectivity index is 1.52. The van der Waals surface area contributed by atoms with Crippen molar-refractivity contribution in [2.75, 3.05) is 5.32 Å². The van der Waals surface area contributed by atoms with Crippen LogP contribution in [0, 0.1) is 3.57 Å². The summed E-state index contributed by atoms with van der Waals surface area (Å²) in [6, 6.07) is 15.5. The van der Waals surface area contributed by atoms with Crippen molar-refractivity contribution in [2.45, 2.75) is 25.8 Å². The maximum Gasteiger partial charge on any atom is 0.255 e. The zero-order valence-electron chi connectivity index (χ0n) is 13.7. The average molecular weight is 443 g/mol. The molecule has 0 aliphatic carbocycles. The molecule has 0 fully saturated rings. The molecule has 2 heterocycles. The number of hydrogen-bond donors (Lipinski definition) is 1. The Morgan fingerprint density at radius 2 is 1.96 bits per heavy atom. The van der Waals surface area contributed by atoms with E-state index in [0.717, 1.165) is 33.6 Å². The number of benzene rings is 2. The normalized spacial score (nSPS) is 13.3. The molecule has 1 N–H and O–H groups in total. The maximum atomic E-state index is 12.3. The minimum absolute atomic E-state index is 0.0931. The first kappa shape index (κ1) is 16.3. The van der Waals surface area contributed by atoms with Crippen LogP contribution in [0.15, 0.2) is 54.7 Å². The number of amides is 1. The van der Waals surface area contributed by atoms with Gasteiger partial charge in [-0.1, -0.05) is 6.07 Å². The van der Waals surface area contributed by atoms with Crippen LogP contribution in [-0.4, -0.2) is 15.5 Å². The Kier molecular flexibility index (Phi) is 4.57. The molecule has 4 nitrogen and oxygen atoms in total. The highest BCUT2D eigenvalue weighted by molar-refractivity contribution is 14.1. The summed E-state index contributed by atoms with van der Waals surface area (Å²) in [6.07, 6.45) is 5.55. The molecule has 3 aromatic rings. The molecule has 0 spiro atoms. The smallest absolute Gasteiger partial charge is 0.255 e. The molecule has 126 valence electrons. The molecule has 0 atom stereocenters.